The van der Waals surface area contributed by atoms with Crippen molar-refractivity contribution in [3.63, 3.8) is 0 Å². The number of benzene rings is 2. The van der Waals surface area contributed by atoms with Crippen molar-refractivity contribution in [3.8, 4) is 11.4 Å². The Bertz CT molecular complexity index is 1170. The minimum Gasteiger partial charge on any atom is -0.289 e. The molecule has 0 atom stereocenters. The summed E-state index contributed by atoms with van der Waals surface area (Å²) in [6.45, 7) is 0. The summed E-state index contributed by atoms with van der Waals surface area (Å²) in [7, 11) is 0. The molecule has 152 valence electrons. The van der Waals surface area contributed by atoms with Crippen LogP contribution in [0.5, 0.6) is 0 Å². The first-order valence-corrected chi connectivity index (χ1v) is 10.4. The molecule has 0 radical (unpaired) electrons. The average molecular weight is 406 g/mol. The summed E-state index contributed by atoms with van der Waals surface area (Å²) in [4.78, 5) is 13.1. The van der Waals surface area contributed by atoms with E-state index in [4.69, 9.17) is 0 Å². The van der Waals surface area contributed by atoms with Gasteiger partial charge in [0.05, 0.1) is 23.8 Å². The fourth-order valence-corrected chi connectivity index (χ4v) is 3.85. The van der Waals surface area contributed by atoms with Crippen LogP contribution in [0.25, 0.3) is 23.5 Å². The quantitative estimate of drug-likeness (QED) is 0.434. The van der Waals surface area contributed by atoms with Gasteiger partial charge in [-0.15, -0.1) is 0 Å². The second-order valence-corrected chi connectivity index (χ2v) is 7.63. The van der Waals surface area contributed by atoms with Crippen molar-refractivity contribution in [2.45, 2.75) is 19.3 Å². The molecule has 0 spiro atoms. The summed E-state index contributed by atoms with van der Waals surface area (Å²) < 4.78 is 3.66. The second kappa shape index (κ2) is 8.40. The van der Waals surface area contributed by atoms with Crippen molar-refractivity contribution in [1.29, 1.82) is 0 Å². The van der Waals surface area contributed by atoms with Crippen LogP contribution < -0.4 is 0 Å². The first-order chi connectivity index (χ1) is 15.3. The average Bonchev–Trinajstić information content (AvgIpc) is 3.48. The minimum atomic E-state index is 0.117. The number of para-hydroxylation sites is 2. The maximum atomic E-state index is 13.1. The number of carbonyl (C=O) groups is 1. The molecule has 2 aromatic carbocycles. The van der Waals surface area contributed by atoms with Gasteiger partial charge < -0.3 is 0 Å². The Kier molecular flexibility index (Phi) is 5.15. The molecule has 2 aromatic heterocycles. The third-order valence-electron chi connectivity index (χ3n) is 5.40. The Balaban J connectivity index is 1.37. The van der Waals surface area contributed by atoms with Crippen molar-refractivity contribution < 1.29 is 4.79 Å². The minimum absolute atomic E-state index is 0.117. The molecule has 0 unspecified atom stereocenters. The van der Waals surface area contributed by atoms with Gasteiger partial charge in [-0.05, 0) is 55.7 Å². The summed E-state index contributed by atoms with van der Waals surface area (Å²) in [6, 6.07) is 19.9. The van der Waals surface area contributed by atoms with Crippen molar-refractivity contribution in [2.75, 3.05) is 0 Å². The van der Waals surface area contributed by atoms with Gasteiger partial charge in [-0.25, -0.2) is 9.36 Å². The lowest BCUT2D eigenvalue weighted by Gasteiger charge is -2.16. The van der Waals surface area contributed by atoms with Gasteiger partial charge in [-0.3, -0.25) is 4.79 Å². The van der Waals surface area contributed by atoms with Crippen LogP contribution in [0.3, 0.4) is 0 Å². The zero-order chi connectivity index (χ0) is 21.0. The van der Waals surface area contributed by atoms with Crippen molar-refractivity contribution in [2.24, 2.45) is 0 Å². The van der Waals surface area contributed by atoms with Crippen LogP contribution in [0.2, 0.25) is 0 Å². The Hall–Kier alpha value is -3.99. The van der Waals surface area contributed by atoms with E-state index < -0.39 is 0 Å². The van der Waals surface area contributed by atoms with Gasteiger partial charge in [0.1, 0.15) is 0 Å². The van der Waals surface area contributed by atoms with E-state index in [1.807, 2.05) is 94.6 Å². The number of rotatable bonds is 4. The number of nitrogens with zero attached hydrogens (tertiary/aromatic N) is 4. The van der Waals surface area contributed by atoms with E-state index in [0.717, 1.165) is 52.9 Å². The highest BCUT2D eigenvalue weighted by molar-refractivity contribution is 6.13. The Labute approximate surface area is 181 Å². The molecule has 5 nitrogen and oxygen atoms in total. The number of aromatic nitrogens is 4. The Morgan fingerprint density at radius 1 is 0.677 bits per heavy atom. The van der Waals surface area contributed by atoms with E-state index in [9.17, 15) is 4.79 Å². The van der Waals surface area contributed by atoms with Gasteiger partial charge in [-0.2, -0.15) is 10.2 Å². The first kappa shape index (κ1) is 19.0. The standard InChI is InChI=1S/C26H22N4O/c31-26-22(14-20-16-27-29(18-20)24-10-3-1-4-11-24)8-7-9-23(26)15-21-17-28-30(19-21)25-12-5-2-6-13-25/h1-6,10-19H,7-9H2. The fourth-order valence-electron chi connectivity index (χ4n) is 3.85. The summed E-state index contributed by atoms with van der Waals surface area (Å²) >= 11 is 0. The smallest absolute Gasteiger partial charge is 0.185 e. The van der Waals surface area contributed by atoms with Crippen LogP contribution in [0.15, 0.2) is 96.6 Å². The predicted octanol–water partition coefficient (Wildman–Crippen LogP) is 5.28. The Morgan fingerprint density at radius 2 is 1.13 bits per heavy atom. The molecule has 4 aromatic rings. The predicted molar refractivity (Wildman–Crippen MR) is 122 cm³/mol. The molecule has 5 rings (SSSR count). The first-order valence-electron chi connectivity index (χ1n) is 10.4. The van der Waals surface area contributed by atoms with Crippen LogP contribution in [0.4, 0.5) is 0 Å². The van der Waals surface area contributed by atoms with Crippen LogP contribution in [0.1, 0.15) is 30.4 Å². The van der Waals surface area contributed by atoms with Gasteiger partial charge in [0.15, 0.2) is 5.78 Å². The van der Waals surface area contributed by atoms with Gasteiger partial charge in [0.25, 0.3) is 0 Å². The number of hydrogen-bond acceptors (Lipinski definition) is 3. The molecule has 2 heterocycles. The van der Waals surface area contributed by atoms with Crippen molar-refractivity contribution in [1.82, 2.24) is 19.6 Å². The number of Topliss-reactive ketones (excluding diaryl/α,β-unsaturated/α-hetero) is 1. The number of carbonyl (C=O) groups excluding carboxylic acids is 1. The second-order valence-electron chi connectivity index (χ2n) is 7.63. The summed E-state index contributed by atoms with van der Waals surface area (Å²) in [5, 5.41) is 8.86. The zero-order valence-electron chi connectivity index (χ0n) is 17.1. The Morgan fingerprint density at radius 3 is 1.58 bits per heavy atom. The maximum Gasteiger partial charge on any atom is 0.185 e. The molecule has 31 heavy (non-hydrogen) atoms. The van der Waals surface area contributed by atoms with Crippen LogP contribution in [-0.4, -0.2) is 25.3 Å². The van der Waals surface area contributed by atoms with Gasteiger partial charge in [0, 0.05) is 34.7 Å². The topological polar surface area (TPSA) is 52.7 Å². The van der Waals surface area contributed by atoms with Gasteiger partial charge >= 0.3 is 0 Å². The molecule has 0 bridgehead atoms. The third-order valence-corrected chi connectivity index (χ3v) is 5.40. The molecule has 0 amide bonds. The third kappa shape index (κ3) is 4.16. The number of allylic oxidation sites excluding steroid dienone is 2. The molecular weight excluding hydrogens is 384 g/mol. The molecule has 1 aliphatic carbocycles. The van der Waals surface area contributed by atoms with Crippen molar-refractivity contribution in [3.05, 3.63) is 108 Å². The van der Waals surface area contributed by atoms with E-state index in [0.29, 0.717) is 0 Å². The highest BCUT2D eigenvalue weighted by Crippen LogP contribution is 2.28. The highest BCUT2D eigenvalue weighted by Gasteiger charge is 2.21. The zero-order valence-corrected chi connectivity index (χ0v) is 17.1. The lowest BCUT2D eigenvalue weighted by molar-refractivity contribution is -0.112. The number of hydrogen-bond donors (Lipinski definition) is 0. The molecule has 5 heteroatoms. The van der Waals surface area contributed by atoms with E-state index in [-0.39, 0.29) is 5.78 Å². The van der Waals surface area contributed by atoms with Crippen LogP contribution in [-0.2, 0) is 4.79 Å². The van der Waals surface area contributed by atoms with Crippen LogP contribution >= 0.6 is 0 Å². The van der Waals surface area contributed by atoms with Crippen LogP contribution in [0, 0.1) is 0 Å². The molecule has 1 fully saturated rings. The SMILES string of the molecule is O=C1C(=Cc2cnn(-c3ccccc3)c2)CCCC1=Cc1cnn(-c2ccccc2)c1. The normalized spacial score (nSPS) is 16.8. The summed E-state index contributed by atoms with van der Waals surface area (Å²) in [5.41, 5.74) is 5.54. The molecule has 0 saturated heterocycles. The number of ketones is 1. The molecular formula is C26H22N4O. The van der Waals surface area contributed by atoms with Gasteiger partial charge in [0.2, 0.25) is 0 Å². The summed E-state index contributed by atoms with van der Waals surface area (Å²) in [6.07, 6.45) is 14.0. The molecule has 0 aliphatic heterocycles. The monoisotopic (exact) mass is 406 g/mol. The summed E-state index contributed by atoms with van der Waals surface area (Å²) in [5.74, 6) is 0.117. The fraction of sp³-hybridized carbons (Fsp3) is 0.115. The van der Waals surface area contributed by atoms with E-state index >= 15 is 0 Å². The largest absolute Gasteiger partial charge is 0.289 e. The van der Waals surface area contributed by atoms with E-state index in [1.54, 1.807) is 12.4 Å². The lowest BCUT2D eigenvalue weighted by atomic mass is 9.87. The molecule has 1 saturated carbocycles. The highest BCUT2D eigenvalue weighted by atomic mass is 16.1. The van der Waals surface area contributed by atoms with Gasteiger partial charge in [-0.1, -0.05) is 36.4 Å². The maximum absolute atomic E-state index is 13.1. The molecule has 1 aliphatic rings. The lowest BCUT2D eigenvalue weighted by Crippen LogP contribution is -2.12. The van der Waals surface area contributed by atoms with E-state index in [1.165, 1.54) is 0 Å². The van der Waals surface area contributed by atoms with Crippen molar-refractivity contribution >= 4 is 17.9 Å². The molecule has 0 N–H and O–H groups in total. The van der Waals surface area contributed by atoms with E-state index in [2.05, 4.69) is 10.2 Å².